The molecule has 0 atom stereocenters. The molecule has 0 saturated carbocycles. The van der Waals surface area contributed by atoms with E-state index in [4.69, 9.17) is 0 Å². The van der Waals surface area contributed by atoms with E-state index >= 15 is 0 Å². The van der Waals surface area contributed by atoms with E-state index in [0.29, 0.717) is 12.3 Å². The molecule has 1 saturated heterocycles. The average Bonchev–Trinajstić information content (AvgIpc) is 2.80. The van der Waals surface area contributed by atoms with E-state index in [1.54, 1.807) is 12.4 Å². The molecule has 1 aromatic heterocycles. The van der Waals surface area contributed by atoms with E-state index in [9.17, 15) is 4.79 Å². The molecule has 0 spiro atoms. The van der Waals surface area contributed by atoms with Gasteiger partial charge in [-0.3, -0.25) is 9.78 Å². The zero-order valence-corrected chi connectivity index (χ0v) is 16.5. The predicted molar refractivity (Wildman–Crippen MR) is 116 cm³/mol. The van der Waals surface area contributed by atoms with Gasteiger partial charge < -0.3 is 10.2 Å². The third-order valence-corrected chi connectivity index (χ3v) is 5.50. The molecule has 0 aliphatic carbocycles. The lowest BCUT2D eigenvalue weighted by atomic mass is 9.96. The summed E-state index contributed by atoms with van der Waals surface area (Å²) >= 11 is 0. The monoisotopic (exact) mass is 386 g/mol. The van der Waals surface area contributed by atoms with Gasteiger partial charge in [0.05, 0.1) is 12.6 Å². The fraction of sp³-hybridized carbons (Fsp3) is 0.292. The van der Waals surface area contributed by atoms with Crippen molar-refractivity contribution in [2.75, 3.05) is 24.5 Å². The first-order valence-electron chi connectivity index (χ1n) is 10.2. The lowest BCUT2D eigenvalue weighted by Crippen LogP contribution is -2.39. The maximum atomic E-state index is 12.4. The predicted octanol–water partition coefficient (Wildman–Crippen LogP) is 3.72. The van der Waals surface area contributed by atoms with Crippen LogP contribution < -0.4 is 10.2 Å². The molecular weight excluding hydrogens is 360 g/mol. The highest BCUT2D eigenvalue weighted by Gasteiger charge is 2.20. The number of piperidine rings is 1. The Balaban J connectivity index is 1.21. The number of aromatic nitrogens is 2. The van der Waals surface area contributed by atoms with Gasteiger partial charge in [0.1, 0.15) is 5.82 Å². The van der Waals surface area contributed by atoms with E-state index in [2.05, 4.69) is 44.5 Å². The molecule has 5 nitrogen and oxygen atoms in total. The molecule has 2 heterocycles. The van der Waals surface area contributed by atoms with E-state index in [1.165, 1.54) is 11.1 Å². The van der Waals surface area contributed by atoms with Gasteiger partial charge in [-0.15, -0.1) is 0 Å². The van der Waals surface area contributed by atoms with Crippen molar-refractivity contribution in [2.24, 2.45) is 5.92 Å². The smallest absolute Gasteiger partial charge is 0.224 e. The van der Waals surface area contributed by atoms with Crippen LogP contribution in [0.5, 0.6) is 0 Å². The number of hydrogen-bond acceptors (Lipinski definition) is 4. The maximum absolute atomic E-state index is 12.4. The van der Waals surface area contributed by atoms with Crippen LogP contribution in [0.15, 0.2) is 73.2 Å². The number of benzene rings is 2. The first-order chi connectivity index (χ1) is 14.3. The summed E-state index contributed by atoms with van der Waals surface area (Å²) in [5.41, 5.74) is 3.40. The van der Waals surface area contributed by atoms with Gasteiger partial charge in [0.25, 0.3) is 0 Å². The van der Waals surface area contributed by atoms with Crippen molar-refractivity contribution in [3.8, 4) is 11.1 Å². The summed E-state index contributed by atoms with van der Waals surface area (Å²) in [6, 6.07) is 18.5. The molecule has 1 aliphatic heterocycles. The van der Waals surface area contributed by atoms with Crippen LogP contribution in [-0.2, 0) is 11.2 Å². The van der Waals surface area contributed by atoms with Crippen LogP contribution in [-0.4, -0.2) is 35.5 Å². The minimum atomic E-state index is 0.0915. The van der Waals surface area contributed by atoms with Gasteiger partial charge in [-0.2, -0.15) is 0 Å². The van der Waals surface area contributed by atoms with Gasteiger partial charge in [-0.1, -0.05) is 54.6 Å². The topological polar surface area (TPSA) is 58.1 Å². The van der Waals surface area contributed by atoms with Crippen molar-refractivity contribution in [2.45, 2.75) is 19.3 Å². The molecular formula is C24H26N4O. The number of amides is 1. The van der Waals surface area contributed by atoms with Crippen LogP contribution in [0.4, 0.5) is 5.82 Å². The normalized spacial score (nSPS) is 14.6. The highest BCUT2D eigenvalue weighted by atomic mass is 16.1. The SMILES string of the molecule is O=C(Cc1ccc(-c2ccccc2)cc1)NCC1CCN(c2cnccn2)CC1. The summed E-state index contributed by atoms with van der Waals surface area (Å²) in [5, 5.41) is 3.12. The van der Waals surface area contributed by atoms with Crippen molar-refractivity contribution < 1.29 is 4.79 Å². The van der Waals surface area contributed by atoms with Gasteiger partial charge in [0.15, 0.2) is 0 Å². The minimum Gasteiger partial charge on any atom is -0.356 e. The zero-order valence-electron chi connectivity index (χ0n) is 16.5. The molecule has 0 unspecified atom stereocenters. The van der Waals surface area contributed by atoms with Crippen molar-refractivity contribution in [3.63, 3.8) is 0 Å². The molecule has 1 fully saturated rings. The second-order valence-electron chi connectivity index (χ2n) is 7.54. The third kappa shape index (κ3) is 5.19. The number of hydrogen-bond donors (Lipinski definition) is 1. The second-order valence-corrected chi connectivity index (χ2v) is 7.54. The molecule has 5 heteroatoms. The van der Waals surface area contributed by atoms with Gasteiger partial charge in [0.2, 0.25) is 5.91 Å². The molecule has 29 heavy (non-hydrogen) atoms. The van der Waals surface area contributed by atoms with Crippen LogP contribution in [0.25, 0.3) is 11.1 Å². The summed E-state index contributed by atoms with van der Waals surface area (Å²) in [6.45, 7) is 2.66. The highest BCUT2D eigenvalue weighted by Crippen LogP contribution is 2.21. The van der Waals surface area contributed by atoms with Gasteiger partial charge in [-0.05, 0) is 35.4 Å². The molecule has 2 aromatic carbocycles. The first-order valence-corrected chi connectivity index (χ1v) is 10.2. The second kappa shape index (κ2) is 9.32. The molecule has 148 valence electrons. The van der Waals surface area contributed by atoms with Gasteiger partial charge >= 0.3 is 0 Å². The largest absolute Gasteiger partial charge is 0.356 e. The zero-order chi connectivity index (χ0) is 19.9. The molecule has 4 rings (SSSR count). The van der Waals surface area contributed by atoms with E-state index in [1.807, 2.05) is 36.5 Å². The average molecular weight is 386 g/mol. The maximum Gasteiger partial charge on any atom is 0.224 e. The number of anilines is 1. The van der Waals surface area contributed by atoms with Crippen molar-refractivity contribution >= 4 is 11.7 Å². The fourth-order valence-corrected chi connectivity index (χ4v) is 3.77. The third-order valence-electron chi connectivity index (χ3n) is 5.50. The fourth-order valence-electron chi connectivity index (χ4n) is 3.77. The number of carbonyl (C=O) groups excluding carboxylic acids is 1. The van der Waals surface area contributed by atoms with E-state index in [-0.39, 0.29) is 5.91 Å². The van der Waals surface area contributed by atoms with Gasteiger partial charge in [-0.25, -0.2) is 4.98 Å². The molecule has 0 bridgehead atoms. The Morgan fingerprint density at radius 2 is 1.69 bits per heavy atom. The lowest BCUT2D eigenvalue weighted by Gasteiger charge is -2.32. The van der Waals surface area contributed by atoms with Crippen LogP contribution >= 0.6 is 0 Å². The summed E-state index contributed by atoms with van der Waals surface area (Å²) in [7, 11) is 0. The first kappa shape index (κ1) is 19.1. The molecule has 1 amide bonds. The van der Waals surface area contributed by atoms with E-state index in [0.717, 1.165) is 43.9 Å². The number of carbonyl (C=O) groups is 1. The number of nitrogens with one attached hydrogen (secondary N) is 1. The standard InChI is InChI=1S/C24H26N4O/c29-24(16-19-6-8-22(9-7-19)21-4-2-1-3-5-21)27-17-20-10-14-28(15-11-20)23-18-25-12-13-26-23/h1-9,12-13,18,20H,10-11,14-17H2,(H,27,29). The Morgan fingerprint density at radius 3 is 2.38 bits per heavy atom. The summed E-state index contributed by atoms with van der Waals surface area (Å²) in [6.07, 6.45) is 7.78. The Hall–Kier alpha value is -3.21. The summed E-state index contributed by atoms with van der Waals surface area (Å²) in [4.78, 5) is 23.1. The van der Waals surface area contributed by atoms with Crippen LogP contribution in [0.3, 0.4) is 0 Å². The number of nitrogens with zero attached hydrogens (tertiary/aromatic N) is 3. The Labute approximate surface area is 171 Å². The van der Waals surface area contributed by atoms with Crippen molar-refractivity contribution in [1.82, 2.24) is 15.3 Å². The minimum absolute atomic E-state index is 0.0915. The summed E-state index contributed by atoms with van der Waals surface area (Å²) in [5.74, 6) is 1.55. The quantitative estimate of drug-likeness (QED) is 0.701. The molecule has 1 N–H and O–H groups in total. The van der Waals surface area contributed by atoms with Crippen LogP contribution in [0.1, 0.15) is 18.4 Å². The lowest BCUT2D eigenvalue weighted by molar-refractivity contribution is -0.120. The van der Waals surface area contributed by atoms with Crippen molar-refractivity contribution in [1.29, 1.82) is 0 Å². The highest BCUT2D eigenvalue weighted by molar-refractivity contribution is 5.78. The van der Waals surface area contributed by atoms with Crippen molar-refractivity contribution in [3.05, 3.63) is 78.8 Å². The number of rotatable bonds is 6. The van der Waals surface area contributed by atoms with Gasteiger partial charge in [0, 0.05) is 32.0 Å². The van der Waals surface area contributed by atoms with Crippen LogP contribution in [0, 0.1) is 5.92 Å². The Kier molecular flexibility index (Phi) is 6.15. The Bertz CT molecular complexity index is 905. The molecule has 3 aromatic rings. The summed E-state index contributed by atoms with van der Waals surface area (Å²) < 4.78 is 0. The Morgan fingerprint density at radius 1 is 0.966 bits per heavy atom. The van der Waals surface area contributed by atoms with E-state index < -0.39 is 0 Å². The molecule has 1 aliphatic rings. The van der Waals surface area contributed by atoms with Crippen LogP contribution in [0.2, 0.25) is 0 Å². The molecule has 0 radical (unpaired) electrons.